The van der Waals surface area contributed by atoms with Crippen LogP contribution in [0.5, 0.6) is 0 Å². The highest BCUT2D eigenvalue weighted by Crippen LogP contribution is 2.43. The van der Waals surface area contributed by atoms with Crippen LogP contribution in [0.2, 0.25) is 0 Å². The van der Waals surface area contributed by atoms with Gasteiger partial charge in [-0.25, -0.2) is 4.79 Å². The zero-order valence-electron chi connectivity index (χ0n) is 17.3. The molecule has 2 nitrogen and oxygen atoms in total. The second-order valence-electron chi connectivity index (χ2n) is 8.32. The van der Waals surface area contributed by atoms with E-state index in [0.29, 0.717) is 0 Å². The number of ether oxygens (including phenoxy) is 1. The van der Waals surface area contributed by atoms with Gasteiger partial charge in [0.05, 0.1) is 0 Å². The lowest BCUT2D eigenvalue weighted by Crippen LogP contribution is -2.31. The Morgan fingerprint density at radius 3 is 1.39 bits per heavy atom. The first-order chi connectivity index (χ1) is 15.3. The van der Waals surface area contributed by atoms with Gasteiger partial charge >= 0.3 is 5.97 Å². The molecule has 0 amide bonds. The molecule has 0 saturated carbocycles. The molecule has 5 aliphatic carbocycles. The molecule has 154 valence electrons. The third-order valence-electron chi connectivity index (χ3n) is 6.42. The Balaban J connectivity index is 1.66. The summed E-state index contributed by atoms with van der Waals surface area (Å²) in [7, 11) is 0. The van der Waals surface area contributed by atoms with Gasteiger partial charge in [-0.3, -0.25) is 0 Å². The van der Waals surface area contributed by atoms with Crippen LogP contribution in [0, 0.1) is 29.6 Å². The Hall–Kier alpha value is -3.39. The van der Waals surface area contributed by atoms with E-state index in [1.165, 1.54) is 0 Å². The second kappa shape index (κ2) is 8.77. The highest BCUT2D eigenvalue weighted by atomic mass is 16.5. The molecule has 0 unspecified atom stereocenters. The van der Waals surface area contributed by atoms with E-state index in [9.17, 15) is 4.79 Å². The largest absolute Gasteiger partial charge is 0.450 e. The van der Waals surface area contributed by atoms with Crippen molar-refractivity contribution in [2.45, 2.75) is 6.10 Å². The van der Waals surface area contributed by atoms with Crippen LogP contribution in [0.25, 0.3) is 0 Å². The van der Waals surface area contributed by atoms with Gasteiger partial charge in [0, 0.05) is 35.2 Å². The Kier molecular flexibility index (Phi) is 5.54. The molecule has 0 aromatic rings. The third-order valence-corrected chi connectivity index (χ3v) is 6.42. The van der Waals surface area contributed by atoms with Gasteiger partial charge in [0.1, 0.15) is 6.10 Å². The minimum atomic E-state index is -0.307. The molecule has 0 atom stereocenters. The van der Waals surface area contributed by atoms with E-state index in [-0.39, 0.29) is 41.7 Å². The lowest BCUT2D eigenvalue weighted by atomic mass is 9.72. The fourth-order valence-electron chi connectivity index (χ4n) is 5.00. The first-order valence-electron chi connectivity index (χ1n) is 11.0. The van der Waals surface area contributed by atoms with Gasteiger partial charge in [-0.1, -0.05) is 109 Å². The smallest absolute Gasteiger partial charge is 0.335 e. The number of carbonyl (C=O) groups is 1. The Labute approximate surface area is 184 Å². The van der Waals surface area contributed by atoms with E-state index >= 15 is 0 Å². The molecule has 0 aromatic heterocycles. The van der Waals surface area contributed by atoms with Crippen molar-refractivity contribution in [1.82, 2.24) is 0 Å². The zero-order valence-corrected chi connectivity index (χ0v) is 17.3. The highest BCUT2D eigenvalue weighted by molar-refractivity contribution is 5.91. The highest BCUT2D eigenvalue weighted by Gasteiger charge is 2.38. The number of carbonyl (C=O) groups excluding carboxylic acids is 1. The van der Waals surface area contributed by atoms with Gasteiger partial charge in [0.2, 0.25) is 0 Å². The summed E-state index contributed by atoms with van der Waals surface area (Å²) in [6.45, 7) is 0. The SMILES string of the molecule is O=C(OC1C=CC=C1)C(=C(C1C=CC=C1)C1C=CC=C1)C(C1C=CC=C1)C1C=CC=C1. The van der Waals surface area contributed by atoms with Gasteiger partial charge in [0.25, 0.3) is 0 Å². The van der Waals surface area contributed by atoms with Crippen molar-refractivity contribution in [1.29, 1.82) is 0 Å². The van der Waals surface area contributed by atoms with E-state index in [0.717, 1.165) is 11.1 Å². The summed E-state index contributed by atoms with van der Waals surface area (Å²) in [6, 6.07) is 0. The van der Waals surface area contributed by atoms with Crippen LogP contribution in [-0.2, 0) is 9.53 Å². The molecule has 0 heterocycles. The Bertz CT molecular complexity index is 946. The van der Waals surface area contributed by atoms with Crippen LogP contribution in [0.1, 0.15) is 0 Å². The number of rotatable bonds is 7. The molecule has 0 saturated heterocycles. The van der Waals surface area contributed by atoms with E-state index < -0.39 is 0 Å². The van der Waals surface area contributed by atoms with E-state index in [1.807, 2.05) is 24.3 Å². The number of allylic oxidation sites excluding steroid dienone is 19. The average molecular weight is 407 g/mol. The monoisotopic (exact) mass is 406 g/mol. The van der Waals surface area contributed by atoms with Gasteiger partial charge in [-0.2, -0.15) is 0 Å². The summed E-state index contributed by atoms with van der Waals surface area (Å²) in [6.07, 6.45) is 41.5. The van der Waals surface area contributed by atoms with Crippen molar-refractivity contribution in [3.05, 3.63) is 133 Å². The molecular weight excluding hydrogens is 380 g/mol. The summed E-state index contributed by atoms with van der Waals surface area (Å²) in [5.74, 6) is 0.223. The van der Waals surface area contributed by atoms with Crippen molar-refractivity contribution in [3.8, 4) is 0 Å². The minimum Gasteiger partial charge on any atom is -0.450 e. The average Bonchev–Trinajstić information content (AvgIpc) is 3.61. The molecule has 31 heavy (non-hydrogen) atoms. The Morgan fingerprint density at radius 1 is 0.548 bits per heavy atom. The van der Waals surface area contributed by atoms with Crippen LogP contribution in [0.15, 0.2) is 133 Å². The summed E-state index contributed by atoms with van der Waals surface area (Å²) in [5.41, 5.74) is 1.93. The third kappa shape index (κ3) is 3.98. The predicted octanol–water partition coefficient (Wildman–Crippen LogP) is 5.91. The molecule has 0 fully saturated rings. The lowest BCUT2D eigenvalue weighted by molar-refractivity contribution is -0.141. The second-order valence-corrected chi connectivity index (χ2v) is 8.32. The summed E-state index contributed by atoms with van der Waals surface area (Å²) >= 11 is 0. The van der Waals surface area contributed by atoms with Gasteiger partial charge in [-0.15, -0.1) is 0 Å². The maximum Gasteiger partial charge on any atom is 0.335 e. The van der Waals surface area contributed by atoms with Crippen molar-refractivity contribution in [3.63, 3.8) is 0 Å². The molecule has 0 spiro atoms. The summed E-state index contributed by atoms with van der Waals surface area (Å²) in [5, 5.41) is 0. The first kappa shape index (κ1) is 19.6. The van der Waals surface area contributed by atoms with Crippen LogP contribution < -0.4 is 0 Å². The predicted molar refractivity (Wildman–Crippen MR) is 126 cm³/mol. The van der Waals surface area contributed by atoms with Gasteiger partial charge in [0.15, 0.2) is 0 Å². The normalized spacial score (nSPS) is 22.0. The van der Waals surface area contributed by atoms with E-state index in [2.05, 4.69) is 97.2 Å². The first-order valence-corrected chi connectivity index (χ1v) is 11.0. The minimum absolute atomic E-state index is 0.0216. The quantitative estimate of drug-likeness (QED) is 0.388. The van der Waals surface area contributed by atoms with Crippen LogP contribution in [-0.4, -0.2) is 12.1 Å². The van der Waals surface area contributed by atoms with Crippen molar-refractivity contribution in [2.75, 3.05) is 0 Å². The van der Waals surface area contributed by atoms with E-state index in [4.69, 9.17) is 4.74 Å². The molecule has 0 bridgehead atoms. The molecule has 0 radical (unpaired) electrons. The van der Waals surface area contributed by atoms with Crippen molar-refractivity contribution >= 4 is 5.97 Å². The molecule has 0 aliphatic heterocycles. The number of esters is 1. The molecule has 2 heteroatoms. The van der Waals surface area contributed by atoms with E-state index in [1.54, 1.807) is 0 Å². The zero-order chi connectivity index (χ0) is 21.0. The molecular formula is C29H26O2. The van der Waals surface area contributed by atoms with Crippen molar-refractivity contribution < 1.29 is 9.53 Å². The number of hydrogen-bond donors (Lipinski definition) is 0. The molecule has 5 aliphatic rings. The standard InChI is InChI=1S/C29H26O2/c30-29(31-25-19-9-10-20-25)28(26(21-11-1-2-12-21)22-13-3-4-14-22)27(23-15-5-6-16-23)24-17-7-8-18-24/h1-26H. The van der Waals surface area contributed by atoms with Gasteiger partial charge < -0.3 is 4.74 Å². The summed E-state index contributed by atoms with van der Waals surface area (Å²) in [4.78, 5) is 13.9. The molecule has 0 N–H and O–H groups in total. The molecule has 5 rings (SSSR count). The Morgan fingerprint density at radius 2 is 0.935 bits per heavy atom. The fraction of sp³-hybridized carbons (Fsp3) is 0.207. The van der Waals surface area contributed by atoms with Crippen molar-refractivity contribution in [2.24, 2.45) is 29.6 Å². The summed E-state index contributed by atoms with van der Waals surface area (Å²) < 4.78 is 6.01. The number of hydrogen-bond acceptors (Lipinski definition) is 2. The van der Waals surface area contributed by atoms with Gasteiger partial charge in [-0.05, 0) is 17.7 Å². The van der Waals surface area contributed by atoms with Crippen LogP contribution >= 0.6 is 0 Å². The topological polar surface area (TPSA) is 26.3 Å². The molecule has 0 aromatic carbocycles. The van der Waals surface area contributed by atoms with Crippen LogP contribution in [0.3, 0.4) is 0 Å². The lowest BCUT2D eigenvalue weighted by Gasteiger charge is -2.32. The fourth-order valence-corrected chi connectivity index (χ4v) is 5.00. The maximum atomic E-state index is 13.9. The van der Waals surface area contributed by atoms with Crippen LogP contribution in [0.4, 0.5) is 0 Å². The maximum absolute atomic E-state index is 13.9.